The number of methoxy groups -OCH3 is 1. The molecule has 2 heterocycles. The summed E-state index contributed by atoms with van der Waals surface area (Å²) in [6, 6.07) is 6.41. The molecule has 1 aromatic carbocycles. The van der Waals surface area contributed by atoms with Crippen molar-refractivity contribution in [2.45, 2.75) is 10.3 Å². The molecule has 1 unspecified atom stereocenters. The van der Waals surface area contributed by atoms with Crippen molar-refractivity contribution >= 4 is 50.6 Å². The zero-order valence-corrected chi connectivity index (χ0v) is 19.5. The number of carbonyl (C=O) groups is 2. The molecule has 3 amide bonds. The molecule has 174 valence electrons. The number of hydrogen-bond acceptors (Lipinski definition) is 6. The number of nitrogens with one attached hydrogen (secondary N) is 2. The molecule has 0 radical (unpaired) electrons. The molecule has 9 nitrogen and oxygen atoms in total. The Hall–Kier alpha value is -2.25. The van der Waals surface area contributed by atoms with Crippen molar-refractivity contribution in [1.29, 1.82) is 0 Å². The topological polar surface area (TPSA) is 108 Å². The Morgan fingerprint density at radius 2 is 1.94 bits per heavy atom. The largest absolute Gasteiger partial charge is 0.383 e. The second-order valence-corrected chi connectivity index (χ2v) is 10.7. The van der Waals surface area contributed by atoms with E-state index in [-0.39, 0.29) is 37.0 Å². The van der Waals surface area contributed by atoms with Crippen LogP contribution in [0.3, 0.4) is 0 Å². The predicted molar refractivity (Wildman–Crippen MR) is 119 cm³/mol. The summed E-state index contributed by atoms with van der Waals surface area (Å²) in [4.78, 5) is 26.9. The van der Waals surface area contributed by atoms with Gasteiger partial charge in [-0.25, -0.2) is 17.6 Å². The van der Waals surface area contributed by atoms with Crippen LogP contribution in [-0.2, 0) is 19.6 Å². The third-order valence-electron chi connectivity index (χ3n) is 4.73. The number of nitrogens with zero attached hydrogens (tertiary/aromatic N) is 2. The van der Waals surface area contributed by atoms with E-state index in [1.54, 1.807) is 0 Å². The number of carbonyl (C=O) groups excluding carboxylic acids is 2. The molecule has 0 aliphatic carbocycles. The molecule has 2 aromatic rings. The number of halogens is 2. The summed E-state index contributed by atoms with van der Waals surface area (Å²) in [5.74, 6) is -0.990. The van der Waals surface area contributed by atoms with Gasteiger partial charge < -0.3 is 20.3 Å². The maximum atomic E-state index is 13.2. The number of urea groups is 1. The first kappa shape index (κ1) is 24.4. The molecule has 0 saturated carbocycles. The average Bonchev–Trinajstić information content (AvgIpc) is 3.22. The summed E-state index contributed by atoms with van der Waals surface area (Å²) >= 11 is 6.79. The van der Waals surface area contributed by atoms with Crippen molar-refractivity contribution in [3.63, 3.8) is 0 Å². The molecule has 32 heavy (non-hydrogen) atoms. The number of amides is 3. The Balaban J connectivity index is 1.79. The van der Waals surface area contributed by atoms with Gasteiger partial charge >= 0.3 is 6.03 Å². The van der Waals surface area contributed by atoms with Crippen LogP contribution in [0.25, 0.3) is 0 Å². The van der Waals surface area contributed by atoms with E-state index < -0.39 is 33.8 Å². The quantitative estimate of drug-likeness (QED) is 0.562. The van der Waals surface area contributed by atoms with E-state index in [0.717, 1.165) is 15.6 Å². The summed E-state index contributed by atoms with van der Waals surface area (Å²) in [6.45, 7) is 0.251. The van der Waals surface area contributed by atoms with Crippen LogP contribution >= 0.6 is 22.9 Å². The smallest absolute Gasteiger partial charge is 0.321 e. The van der Waals surface area contributed by atoms with Gasteiger partial charge in [-0.05, 0) is 36.4 Å². The van der Waals surface area contributed by atoms with Crippen molar-refractivity contribution in [3.8, 4) is 0 Å². The Morgan fingerprint density at radius 1 is 1.22 bits per heavy atom. The fraction of sp³-hybridized carbons (Fsp3) is 0.368. The third-order valence-corrected chi connectivity index (χ3v) is 8.34. The van der Waals surface area contributed by atoms with Crippen molar-refractivity contribution in [1.82, 2.24) is 14.5 Å². The summed E-state index contributed by atoms with van der Waals surface area (Å²) in [5.41, 5.74) is 0.376. The summed E-state index contributed by atoms with van der Waals surface area (Å²) in [7, 11) is -2.53. The molecule has 13 heteroatoms. The van der Waals surface area contributed by atoms with E-state index >= 15 is 0 Å². The van der Waals surface area contributed by atoms with E-state index in [1.165, 1.54) is 48.4 Å². The van der Waals surface area contributed by atoms with Gasteiger partial charge in [0, 0.05) is 39.0 Å². The van der Waals surface area contributed by atoms with Crippen LogP contribution in [0.4, 0.5) is 14.9 Å². The van der Waals surface area contributed by atoms with E-state index in [9.17, 15) is 22.4 Å². The first-order valence-corrected chi connectivity index (χ1v) is 12.2. The van der Waals surface area contributed by atoms with Gasteiger partial charge in [0.05, 0.1) is 10.9 Å². The molecule has 1 aliphatic rings. The molecule has 1 saturated heterocycles. The highest BCUT2D eigenvalue weighted by Gasteiger charge is 2.41. The number of sulfonamides is 1. The first-order chi connectivity index (χ1) is 15.2. The lowest BCUT2D eigenvalue weighted by Crippen LogP contribution is -2.62. The summed E-state index contributed by atoms with van der Waals surface area (Å²) in [5, 5.41) is 5.26. The van der Waals surface area contributed by atoms with Crippen molar-refractivity contribution in [3.05, 3.63) is 46.6 Å². The molecular weight excluding hydrogens is 483 g/mol. The van der Waals surface area contributed by atoms with Crippen LogP contribution in [0.1, 0.15) is 0 Å². The fourth-order valence-corrected chi connectivity index (χ4v) is 6.32. The Kier molecular flexibility index (Phi) is 8.06. The maximum Gasteiger partial charge on any atom is 0.321 e. The standard InChI is InChI=1S/C19H22ClFN4O5S2/c1-30-11-8-22-18(26)15-12-24(19(27)23-14-4-2-13(21)3-5-14)9-10-25(15)32(28,29)17-7-6-16(20)31-17/h2-7,15H,8-12H2,1H3,(H,22,26)(H,23,27). The monoisotopic (exact) mass is 504 g/mol. The van der Waals surface area contributed by atoms with Crippen LogP contribution < -0.4 is 10.6 Å². The number of piperazine rings is 1. The Bertz CT molecular complexity index is 1060. The number of hydrogen-bond donors (Lipinski definition) is 2. The van der Waals surface area contributed by atoms with E-state index in [1.807, 2.05) is 0 Å². The minimum atomic E-state index is -4.00. The second-order valence-electron chi connectivity index (χ2n) is 6.86. The molecule has 1 fully saturated rings. The van der Waals surface area contributed by atoms with Crippen LogP contribution in [-0.4, -0.2) is 75.5 Å². The highest BCUT2D eigenvalue weighted by atomic mass is 35.5. The van der Waals surface area contributed by atoms with Crippen LogP contribution in [0, 0.1) is 5.82 Å². The van der Waals surface area contributed by atoms with Gasteiger partial charge in [-0.1, -0.05) is 11.6 Å². The SMILES string of the molecule is COCCNC(=O)C1CN(C(=O)Nc2ccc(F)cc2)CCN1S(=O)(=O)c1ccc(Cl)s1. The zero-order chi connectivity index (χ0) is 23.3. The first-order valence-electron chi connectivity index (χ1n) is 9.57. The minimum Gasteiger partial charge on any atom is -0.383 e. The Morgan fingerprint density at radius 3 is 2.56 bits per heavy atom. The lowest BCUT2D eigenvalue weighted by Gasteiger charge is -2.39. The summed E-state index contributed by atoms with van der Waals surface area (Å²) in [6.07, 6.45) is 0. The number of ether oxygens (including phenoxy) is 1. The highest BCUT2D eigenvalue weighted by Crippen LogP contribution is 2.30. The number of rotatable bonds is 7. The predicted octanol–water partition coefficient (Wildman–Crippen LogP) is 2.21. The lowest BCUT2D eigenvalue weighted by atomic mass is 10.2. The van der Waals surface area contributed by atoms with Crippen LogP contribution in [0.2, 0.25) is 4.34 Å². The highest BCUT2D eigenvalue weighted by molar-refractivity contribution is 7.91. The van der Waals surface area contributed by atoms with E-state index in [0.29, 0.717) is 10.0 Å². The fourth-order valence-electron chi connectivity index (χ4n) is 3.13. The average molecular weight is 505 g/mol. The summed E-state index contributed by atoms with van der Waals surface area (Å²) < 4.78 is 45.7. The molecule has 2 N–H and O–H groups in total. The van der Waals surface area contributed by atoms with Crippen molar-refractivity contribution < 1.29 is 27.1 Å². The second kappa shape index (κ2) is 10.6. The maximum absolute atomic E-state index is 13.2. The van der Waals surface area contributed by atoms with Gasteiger partial charge in [-0.3, -0.25) is 4.79 Å². The Labute approximate surface area is 194 Å². The minimum absolute atomic E-state index is 0.0152. The third kappa shape index (κ3) is 5.75. The molecule has 0 spiro atoms. The molecule has 0 bridgehead atoms. The zero-order valence-electron chi connectivity index (χ0n) is 17.1. The molecule has 3 rings (SSSR count). The normalized spacial score (nSPS) is 17.2. The van der Waals surface area contributed by atoms with Gasteiger partial charge in [-0.2, -0.15) is 4.31 Å². The van der Waals surface area contributed by atoms with Crippen molar-refractivity contribution in [2.75, 3.05) is 45.2 Å². The number of anilines is 1. The van der Waals surface area contributed by atoms with E-state index in [4.69, 9.17) is 16.3 Å². The van der Waals surface area contributed by atoms with Gasteiger partial charge in [0.1, 0.15) is 16.1 Å². The van der Waals surface area contributed by atoms with Crippen LogP contribution in [0.5, 0.6) is 0 Å². The molecule has 1 aromatic heterocycles. The molecular formula is C19H22ClFN4O5S2. The lowest BCUT2D eigenvalue weighted by molar-refractivity contribution is -0.126. The van der Waals surface area contributed by atoms with Crippen molar-refractivity contribution in [2.24, 2.45) is 0 Å². The van der Waals surface area contributed by atoms with Gasteiger partial charge in [0.15, 0.2) is 0 Å². The number of benzene rings is 1. The van der Waals surface area contributed by atoms with Gasteiger partial charge in [0.2, 0.25) is 5.91 Å². The number of thiophene rings is 1. The van der Waals surface area contributed by atoms with E-state index in [2.05, 4.69) is 10.6 Å². The molecule has 1 aliphatic heterocycles. The van der Waals surface area contributed by atoms with Crippen LogP contribution in [0.15, 0.2) is 40.6 Å². The van der Waals surface area contributed by atoms with Gasteiger partial charge in [0.25, 0.3) is 10.0 Å². The molecule has 1 atom stereocenters. The van der Waals surface area contributed by atoms with Gasteiger partial charge in [-0.15, -0.1) is 11.3 Å².